The number of aliphatic carboxylic acids is 2. The number of benzene rings is 1. The quantitative estimate of drug-likeness (QED) is 0.151. The highest BCUT2D eigenvalue weighted by Gasteiger charge is 2.39. The fourth-order valence-electron chi connectivity index (χ4n) is 3.94. The van der Waals surface area contributed by atoms with E-state index in [2.05, 4.69) is 10.6 Å². The van der Waals surface area contributed by atoms with Crippen LogP contribution in [0.3, 0.4) is 0 Å². The van der Waals surface area contributed by atoms with Crippen LogP contribution in [0.1, 0.15) is 37.7 Å². The van der Waals surface area contributed by atoms with Crippen molar-refractivity contribution in [1.29, 1.82) is 0 Å². The molecule has 0 spiro atoms. The second kappa shape index (κ2) is 13.2. The number of rotatable bonds is 13. The smallest absolute Gasteiger partial charge is 0.326 e. The number of nitrogens with one attached hydrogen (secondary N) is 2. The van der Waals surface area contributed by atoms with E-state index in [4.69, 9.17) is 16.6 Å². The summed E-state index contributed by atoms with van der Waals surface area (Å²) in [6, 6.07) is 0.708. The van der Waals surface area contributed by atoms with Gasteiger partial charge < -0.3 is 42.3 Å². The molecule has 1 aromatic rings. The highest BCUT2D eigenvalue weighted by atomic mass is 16.4. The summed E-state index contributed by atoms with van der Waals surface area (Å²) in [5.74, 6) is -5.70. The van der Waals surface area contributed by atoms with Gasteiger partial charge in [-0.05, 0) is 37.0 Å². The van der Waals surface area contributed by atoms with Gasteiger partial charge >= 0.3 is 11.9 Å². The number of carboxylic acid groups (broad SMARTS) is 2. The minimum atomic E-state index is -1.45. The first-order valence-electron chi connectivity index (χ1n) is 11.6. The normalized spacial score (nSPS) is 17.3. The average Bonchev–Trinajstić information content (AvgIpc) is 3.31. The van der Waals surface area contributed by atoms with Crippen LogP contribution in [0.4, 0.5) is 0 Å². The number of nitrogens with zero attached hydrogens (tertiary/aromatic N) is 1. The van der Waals surface area contributed by atoms with E-state index in [1.807, 2.05) is 0 Å². The van der Waals surface area contributed by atoms with Gasteiger partial charge in [-0.1, -0.05) is 12.1 Å². The van der Waals surface area contributed by atoms with Crippen LogP contribution < -0.4 is 22.1 Å². The molecule has 14 nitrogen and oxygen atoms in total. The molecule has 1 fully saturated rings. The van der Waals surface area contributed by atoms with Crippen LogP contribution >= 0.6 is 0 Å². The van der Waals surface area contributed by atoms with Crippen LogP contribution in [0.25, 0.3) is 0 Å². The largest absolute Gasteiger partial charge is 0.508 e. The molecule has 9 N–H and O–H groups in total. The molecule has 14 heteroatoms. The van der Waals surface area contributed by atoms with Crippen molar-refractivity contribution in [2.45, 2.75) is 62.7 Å². The summed E-state index contributed by atoms with van der Waals surface area (Å²) in [5.41, 5.74) is 11.3. The van der Waals surface area contributed by atoms with Crippen molar-refractivity contribution >= 4 is 35.6 Å². The maximum absolute atomic E-state index is 13.3. The van der Waals surface area contributed by atoms with E-state index in [1.54, 1.807) is 0 Å². The van der Waals surface area contributed by atoms with E-state index in [0.29, 0.717) is 12.0 Å². The number of phenolic OH excluding ortho intramolecular Hbond substituents is 1. The van der Waals surface area contributed by atoms with Crippen LogP contribution in [0, 0.1) is 0 Å². The summed E-state index contributed by atoms with van der Waals surface area (Å²) in [6.45, 7) is 0.136. The summed E-state index contributed by atoms with van der Waals surface area (Å²) in [7, 11) is 0. The lowest BCUT2D eigenvalue weighted by atomic mass is 10.0. The van der Waals surface area contributed by atoms with Crippen molar-refractivity contribution in [3.05, 3.63) is 29.8 Å². The van der Waals surface area contributed by atoms with E-state index < -0.39 is 66.2 Å². The van der Waals surface area contributed by atoms with Crippen molar-refractivity contribution < 1.29 is 44.1 Å². The molecule has 0 bridgehead atoms. The van der Waals surface area contributed by atoms with Gasteiger partial charge in [-0.15, -0.1) is 0 Å². The SMILES string of the molecule is NC(=O)CCC(NC(=O)C(N)CC(=O)O)C(=O)N1CCCC1C(=O)NC(Cc1ccc(O)cc1)C(=O)O. The zero-order valence-corrected chi connectivity index (χ0v) is 20.0. The second-order valence-electron chi connectivity index (χ2n) is 8.73. The van der Waals surface area contributed by atoms with Gasteiger partial charge in [0.1, 0.15) is 23.9 Å². The second-order valence-corrected chi connectivity index (χ2v) is 8.73. The number of hydrogen-bond donors (Lipinski definition) is 7. The van der Waals surface area contributed by atoms with E-state index in [9.17, 15) is 39.0 Å². The number of likely N-dealkylation sites (tertiary alicyclic amines) is 1. The molecule has 0 saturated carbocycles. The monoisotopic (exact) mass is 521 g/mol. The first-order chi connectivity index (χ1) is 17.4. The summed E-state index contributed by atoms with van der Waals surface area (Å²) < 4.78 is 0. The molecule has 4 amide bonds. The van der Waals surface area contributed by atoms with Gasteiger partial charge in [0.05, 0.1) is 12.5 Å². The molecule has 4 atom stereocenters. The van der Waals surface area contributed by atoms with Crippen molar-refractivity contribution in [3.8, 4) is 5.75 Å². The molecule has 1 aromatic carbocycles. The molecule has 1 aliphatic rings. The van der Waals surface area contributed by atoms with Gasteiger partial charge in [-0.2, -0.15) is 0 Å². The van der Waals surface area contributed by atoms with Crippen molar-refractivity contribution in [2.75, 3.05) is 6.54 Å². The molecule has 2 rings (SSSR count). The average molecular weight is 522 g/mol. The Bertz CT molecular complexity index is 1030. The van der Waals surface area contributed by atoms with Gasteiger partial charge in [0.25, 0.3) is 0 Å². The number of phenols is 1. The zero-order chi connectivity index (χ0) is 27.7. The topological polar surface area (TPSA) is 242 Å². The van der Waals surface area contributed by atoms with Gasteiger partial charge in [-0.25, -0.2) is 4.79 Å². The Morgan fingerprint density at radius 3 is 2.24 bits per heavy atom. The predicted octanol–water partition coefficient (Wildman–Crippen LogP) is -1.95. The lowest BCUT2D eigenvalue weighted by molar-refractivity contribution is -0.145. The zero-order valence-electron chi connectivity index (χ0n) is 20.0. The molecular formula is C23H31N5O9. The number of nitrogens with two attached hydrogens (primary N) is 2. The minimum absolute atomic E-state index is 0.00154. The Balaban J connectivity index is 2.14. The number of carbonyl (C=O) groups is 6. The van der Waals surface area contributed by atoms with Crippen molar-refractivity contribution in [3.63, 3.8) is 0 Å². The maximum atomic E-state index is 13.3. The van der Waals surface area contributed by atoms with E-state index in [1.165, 1.54) is 29.2 Å². The highest BCUT2D eigenvalue weighted by molar-refractivity contribution is 5.95. The lowest BCUT2D eigenvalue weighted by Crippen LogP contribution is -2.57. The minimum Gasteiger partial charge on any atom is -0.508 e. The Labute approximate surface area is 212 Å². The van der Waals surface area contributed by atoms with E-state index in [0.717, 1.165) is 0 Å². The third kappa shape index (κ3) is 8.75. The first kappa shape index (κ1) is 29.0. The van der Waals surface area contributed by atoms with Gasteiger partial charge in [-0.3, -0.25) is 24.0 Å². The van der Waals surface area contributed by atoms with Crippen molar-refractivity contribution in [1.82, 2.24) is 15.5 Å². The number of carbonyl (C=O) groups excluding carboxylic acids is 4. The molecule has 4 unspecified atom stereocenters. The standard InChI is InChI=1S/C23H31N5O9/c24-14(11-19(31)32)20(33)26-15(7-8-18(25)30)22(35)28-9-1-2-17(28)21(34)27-16(23(36)37)10-12-3-5-13(29)6-4-12/h3-6,14-17,29H,1-2,7-11,24H2,(H2,25,30)(H,26,33)(H,27,34)(H,31,32)(H,36,37). The number of primary amides is 1. The van der Waals surface area contributed by atoms with Gasteiger partial charge in [0.15, 0.2) is 0 Å². The summed E-state index contributed by atoms with van der Waals surface area (Å²) >= 11 is 0. The van der Waals surface area contributed by atoms with Crippen LogP contribution in [-0.4, -0.2) is 86.5 Å². The molecule has 1 aliphatic heterocycles. The lowest BCUT2D eigenvalue weighted by Gasteiger charge is -2.30. The molecule has 0 aromatic heterocycles. The van der Waals surface area contributed by atoms with Gasteiger partial charge in [0.2, 0.25) is 23.6 Å². The number of aromatic hydroxyl groups is 1. The summed E-state index contributed by atoms with van der Waals surface area (Å²) in [6.07, 6.45) is -0.575. The number of amides is 4. The van der Waals surface area contributed by atoms with E-state index in [-0.39, 0.29) is 38.0 Å². The third-order valence-corrected chi connectivity index (χ3v) is 5.85. The molecule has 202 valence electrons. The Hall–Kier alpha value is -4.20. The van der Waals surface area contributed by atoms with Crippen LogP contribution in [0.2, 0.25) is 0 Å². The van der Waals surface area contributed by atoms with Crippen molar-refractivity contribution in [2.24, 2.45) is 11.5 Å². The highest BCUT2D eigenvalue weighted by Crippen LogP contribution is 2.20. The maximum Gasteiger partial charge on any atom is 0.326 e. The van der Waals surface area contributed by atoms with Crippen LogP contribution in [0.5, 0.6) is 5.75 Å². The number of hydrogen-bond acceptors (Lipinski definition) is 8. The van der Waals surface area contributed by atoms with E-state index >= 15 is 0 Å². The number of carboxylic acids is 2. The van der Waals surface area contributed by atoms with Gasteiger partial charge in [0, 0.05) is 19.4 Å². The molecular weight excluding hydrogens is 490 g/mol. The fourth-order valence-corrected chi connectivity index (χ4v) is 3.94. The molecule has 37 heavy (non-hydrogen) atoms. The Kier molecular flexibility index (Phi) is 10.4. The molecule has 0 aliphatic carbocycles. The third-order valence-electron chi connectivity index (χ3n) is 5.85. The summed E-state index contributed by atoms with van der Waals surface area (Å²) in [4.78, 5) is 73.7. The fraction of sp³-hybridized carbons (Fsp3) is 0.478. The molecule has 0 radical (unpaired) electrons. The summed E-state index contributed by atoms with van der Waals surface area (Å²) in [5, 5.41) is 32.6. The Morgan fingerprint density at radius 1 is 1.03 bits per heavy atom. The predicted molar refractivity (Wildman–Crippen MR) is 127 cm³/mol. The Morgan fingerprint density at radius 2 is 1.68 bits per heavy atom. The molecule has 1 saturated heterocycles. The van der Waals surface area contributed by atoms with Crippen LogP contribution in [-0.2, 0) is 35.2 Å². The molecule has 1 heterocycles. The van der Waals surface area contributed by atoms with Crippen LogP contribution in [0.15, 0.2) is 24.3 Å². The first-order valence-corrected chi connectivity index (χ1v) is 11.6.